The van der Waals surface area contributed by atoms with E-state index in [1.165, 1.54) is 0 Å². The van der Waals surface area contributed by atoms with Gasteiger partial charge in [-0.05, 0) is 17.9 Å². The van der Waals surface area contributed by atoms with Gasteiger partial charge in [0.15, 0.2) is 0 Å². The van der Waals surface area contributed by atoms with Gasteiger partial charge >= 0.3 is 5.97 Å². The zero-order valence-corrected chi connectivity index (χ0v) is 9.27. The third-order valence-corrected chi connectivity index (χ3v) is 3.43. The minimum Gasteiger partial charge on any atom is -0.481 e. The molecular formula is C11H16N2O2. The van der Waals surface area contributed by atoms with Crippen molar-refractivity contribution in [2.75, 3.05) is 0 Å². The molecule has 0 amide bonds. The summed E-state index contributed by atoms with van der Waals surface area (Å²) in [5.74, 6) is -0.837. The zero-order chi connectivity index (χ0) is 11.2. The van der Waals surface area contributed by atoms with Crippen molar-refractivity contribution in [3.05, 3.63) is 18.0 Å². The Labute approximate surface area is 88.9 Å². The Morgan fingerprint density at radius 2 is 2.33 bits per heavy atom. The molecule has 15 heavy (non-hydrogen) atoms. The second kappa shape index (κ2) is 3.08. The van der Waals surface area contributed by atoms with Gasteiger partial charge in [0.1, 0.15) is 0 Å². The highest BCUT2D eigenvalue weighted by Crippen LogP contribution is 2.64. The monoisotopic (exact) mass is 208 g/mol. The summed E-state index contributed by atoms with van der Waals surface area (Å²) in [6, 6.07) is 0. The maximum Gasteiger partial charge on any atom is 0.307 e. The van der Waals surface area contributed by atoms with Crippen molar-refractivity contribution >= 4 is 5.97 Å². The van der Waals surface area contributed by atoms with E-state index in [-0.39, 0.29) is 17.3 Å². The molecule has 0 spiro atoms. The summed E-state index contributed by atoms with van der Waals surface area (Å²) in [5.41, 5.74) is 0.919. The lowest BCUT2D eigenvalue weighted by Gasteiger charge is -1.98. The summed E-state index contributed by atoms with van der Waals surface area (Å²) in [4.78, 5) is 11.0. The number of carboxylic acid groups (broad SMARTS) is 1. The van der Waals surface area contributed by atoms with Gasteiger partial charge in [0.2, 0.25) is 0 Å². The van der Waals surface area contributed by atoms with Crippen LogP contribution >= 0.6 is 0 Å². The Morgan fingerprint density at radius 3 is 2.73 bits per heavy atom. The van der Waals surface area contributed by atoms with E-state index in [9.17, 15) is 4.79 Å². The summed E-state index contributed by atoms with van der Waals surface area (Å²) < 4.78 is 1.84. The van der Waals surface area contributed by atoms with Crippen LogP contribution in [0.25, 0.3) is 0 Å². The normalized spacial score (nSPS) is 27.7. The number of rotatable bonds is 3. The summed E-state index contributed by atoms with van der Waals surface area (Å²) in [6.45, 7) is 6.84. The molecule has 1 heterocycles. The maximum absolute atomic E-state index is 11.0. The molecule has 1 saturated carbocycles. The molecule has 1 aromatic rings. The third-order valence-electron chi connectivity index (χ3n) is 3.43. The average molecular weight is 208 g/mol. The quantitative estimate of drug-likeness (QED) is 0.823. The van der Waals surface area contributed by atoms with Crippen molar-refractivity contribution in [3.63, 3.8) is 0 Å². The Bertz CT molecular complexity index is 395. The SMILES string of the molecule is CCn1cc(C2C(C(=O)O)C2(C)C)cn1. The van der Waals surface area contributed by atoms with Crippen LogP contribution in [0.2, 0.25) is 0 Å². The zero-order valence-electron chi connectivity index (χ0n) is 9.27. The van der Waals surface area contributed by atoms with Gasteiger partial charge < -0.3 is 5.11 Å². The number of aromatic nitrogens is 2. The Morgan fingerprint density at radius 1 is 1.67 bits per heavy atom. The summed E-state index contributed by atoms with van der Waals surface area (Å²) >= 11 is 0. The van der Waals surface area contributed by atoms with Gasteiger partial charge in [-0.3, -0.25) is 9.48 Å². The fraction of sp³-hybridized carbons (Fsp3) is 0.636. The fourth-order valence-corrected chi connectivity index (χ4v) is 2.43. The van der Waals surface area contributed by atoms with Gasteiger partial charge in [-0.2, -0.15) is 5.10 Å². The minimum atomic E-state index is -0.700. The molecule has 2 rings (SSSR count). The molecule has 1 aliphatic rings. The van der Waals surface area contributed by atoms with Crippen molar-refractivity contribution in [2.24, 2.45) is 11.3 Å². The first-order valence-electron chi connectivity index (χ1n) is 5.23. The van der Waals surface area contributed by atoms with E-state index in [0.29, 0.717) is 0 Å². The highest BCUT2D eigenvalue weighted by Gasteiger charge is 2.63. The van der Waals surface area contributed by atoms with Gasteiger partial charge in [-0.1, -0.05) is 13.8 Å². The lowest BCUT2D eigenvalue weighted by Crippen LogP contribution is -2.03. The number of hydrogen-bond donors (Lipinski definition) is 1. The molecule has 4 heteroatoms. The molecular weight excluding hydrogens is 192 g/mol. The van der Waals surface area contributed by atoms with Crippen LogP contribution in [-0.2, 0) is 11.3 Å². The second-order valence-electron chi connectivity index (χ2n) is 4.74. The van der Waals surface area contributed by atoms with Gasteiger partial charge in [-0.15, -0.1) is 0 Å². The minimum absolute atomic E-state index is 0.121. The summed E-state index contributed by atoms with van der Waals surface area (Å²) in [7, 11) is 0. The number of carbonyl (C=O) groups is 1. The van der Waals surface area contributed by atoms with Crippen LogP contribution in [0, 0.1) is 11.3 Å². The lowest BCUT2D eigenvalue weighted by atomic mass is 10.1. The van der Waals surface area contributed by atoms with Crippen molar-refractivity contribution in [1.82, 2.24) is 9.78 Å². The number of aryl methyl sites for hydroxylation is 1. The largest absolute Gasteiger partial charge is 0.481 e. The van der Waals surface area contributed by atoms with E-state index < -0.39 is 5.97 Å². The molecule has 0 saturated heterocycles. The summed E-state index contributed by atoms with van der Waals surface area (Å²) in [6.07, 6.45) is 3.74. The highest BCUT2D eigenvalue weighted by atomic mass is 16.4. The van der Waals surface area contributed by atoms with E-state index in [1.54, 1.807) is 6.20 Å². The molecule has 0 bridgehead atoms. The number of carboxylic acids is 1. The predicted molar refractivity (Wildman–Crippen MR) is 55.5 cm³/mol. The van der Waals surface area contributed by atoms with Crippen molar-refractivity contribution in [1.29, 1.82) is 0 Å². The van der Waals surface area contributed by atoms with E-state index in [4.69, 9.17) is 5.11 Å². The molecule has 82 valence electrons. The van der Waals surface area contributed by atoms with Gasteiger partial charge in [0.25, 0.3) is 0 Å². The van der Waals surface area contributed by atoms with Crippen molar-refractivity contribution < 1.29 is 9.90 Å². The number of aliphatic carboxylic acids is 1. The fourth-order valence-electron chi connectivity index (χ4n) is 2.43. The van der Waals surface area contributed by atoms with Gasteiger partial charge in [-0.25, -0.2) is 0 Å². The van der Waals surface area contributed by atoms with Crippen LogP contribution in [0.5, 0.6) is 0 Å². The predicted octanol–water partition coefficient (Wildman–Crippen LogP) is 1.73. The topological polar surface area (TPSA) is 55.1 Å². The van der Waals surface area contributed by atoms with Crippen LogP contribution < -0.4 is 0 Å². The Balaban J connectivity index is 2.23. The maximum atomic E-state index is 11.0. The molecule has 2 unspecified atom stereocenters. The van der Waals surface area contributed by atoms with E-state index in [1.807, 2.05) is 31.6 Å². The van der Waals surface area contributed by atoms with Crippen LogP contribution in [0.15, 0.2) is 12.4 Å². The molecule has 1 aliphatic carbocycles. The number of hydrogen-bond acceptors (Lipinski definition) is 2. The smallest absolute Gasteiger partial charge is 0.307 e. The van der Waals surface area contributed by atoms with Crippen molar-refractivity contribution in [2.45, 2.75) is 33.2 Å². The molecule has 0 radical (unpaired) electrons. The lowest BCUT2D eigenvalue weighted by molar-refractivity contribution is -0.139. The van der Waals surface area contributed by atoms with Gasteiger partial charge in [0, 0.05) is 18.7 Å². The Kier molecular flexibility index (Phi) is 2.10. The van der Waals surface area contributed by atoms with Gasteiger partial charge in [0.05, 0.1) is 12.1 Å². The molecule has 0 aliphatic heterocycles. The number of nitrogens with zero attached hydrogens (tertiary/aromatic N) is 2. The first-order valence-corrected chi connectivity index (χ1v) is 5.23. The van der Waals surface area contributed by atoms with Crippen LogP contribution in [0.1, 0.15) is 32.3 Å². The molecule has 1 fully saturated rings. The first-order chi connectivity index (χ1) is 6.98. The molecule has 2 atom stereocenters. The van der Waals surface area contributed by atoms with E-state index >= 15 is 0 Å². The van der Waals surface area contributed by atoms with Crippen LogP contribution in [0.3, 0.4) is 0 Å². The summed E-state index contributed by atoms with van der Waals surface area (Å²) in [5, 5.41) is 13.2. The third kappa shape index (κ3) is 1.44. The first kappa shape index (κ1) is 10.2. The molecule has 1 aromatic heterocycles. The Hall–Kier alpha value is -1.32. The average Bonchev–Trinajstić information content (AvgIpc) is 2.59. The van der Waals surface area contributed by atoms with E-state index in [2.05, 4.69) is 5.10 Å². The highest BCUT2D eigenvalue weighted by molar-refractivity contribution is 5.77. The second-order valence-corrected chi connectivity index (χ2v) is 4.74. The molecule has 1 N–H and O–H groups in total. The van der Waals surface area contributed by atoms with E-state index in [0.717, 1.165) is 12.1 Å². The molecule has 0 aromatic carbocycles. The standard InChI is InChI=1S/C11H16N2O2/c1-4-13-6-7(5-12-13)8-9(10(14)15)11(8,2)3/h5-6,8-9H,4H2,1-3H3,(H,14,15). The van der Waals surface area contributed by atoms with Crippen LogP contribution in [0.4, 0.5) is 0 Å². The molecule has 4 nitrogen and oxygen atoms in total. The van der Waals surface area contributed by atoms with Crippen LogP contribution in [-0.4, -0.2) is 20.9 Å². The van der Waals surface area contributed by atoms with Crippen molar-refractivity contribution in [3.8, 4) is 0 Å².